The maximum absolute atomic E-state index is 12.8. The van der Waals surface area contributed by atoms with Gasteiger partial charge in [0.05, 0.1) is 13.2 Å². The highest BCUT2D eigenvalue weighted by Crippen LogP contribution is 2.37. The Labute approximate surface area is 123 Å². The molecule has 118 valence electrons. The van der Waals surface area contributed by atoms with Gasteiger partial charge in [-0.25, -0.2) is 0 Å². The molecule has 1 aliphatic heterocycles. The van der Waals surface area contributed by atoms with Gasteiger partial charge in [0.2, 0.25) is 11.8 Å². The third kappa shape index (κ3) is 3.18. The lowest BCUT2D eigenvalue weighted by Crippen LogP contribution is -2.56. The lowest BCUT2D eigenvalue weighted by atomic mass is 9.78. The number of primary amides is 1. The van der Waals surface area contributed by atoms with Crippen LogP contribution in [-0.4, -0.2) is 53.6 Å². The Morgan fingerprint density at radius 3 is 2.29 bits per heavy atom. The third-order valence-corrected chi connectivity index (χ3v) is 4.45. The molecule has 2 rings (SSSR count). The molecule has 7 nitrogen and oxygen atoms in total. The number of amides is 2. The number of hydrogen-bond donors (Lipinski definition) is 2. The highest BCUT2D eigenvalue weighted by atomic mass is 16.5. The number of carbonyl (C=O) groups excluding carboxylic acids is 2. The van der Waals surface area contributed by atoms with Crippen LogP contribution in [0.15, 0.2) is 0 Å². The number of carbonyl (C=O) groups is 3. The highest BCUT2D eigenvalue weighted by Gasteiger charge is 2.48. The van der Waals surface area contributed by atoms with Crippen LogP contribution in [0.1, 0.15) is 38.5 Å². The molecule has 1 atom stereocenters. The summed E-state index contributed by atoms with van der Waals surface area (Å²) in [6.45, 7) is 0.551. The first-order chi connectivity index (χ1) is 9.97. The molecule has 1 unspecified atom stereocenters. The Morgan fingerprint density at radius 1 is 1.14 bits per heavy atom. The number of ether oxygens (including phenoxy) is 1. The fourth-order valence-corrected chi connectivity index (χ4v) is 3.16. The smallest absolute Gasteiger partial charge is 0.319 e. The minimum Gasteiger partial charge on any atom is -0.480 e. The first kappa shape index (κ1) is 15.8. The summed E-state index contributed by atoms with van der Waals surface area (Å²) in [4.78, 5) is 37.2. The van der Waals surface area contributed by atoms with Crippen molar-refractivity contribution in [3.63, 3.8) is 0 Å². The maximum atomic E-state index is 12.8. The van der Waals surface area contributed by atoms with Gasteiger partial charge >= 0.3 is 5.97 Å². The molecule has 2 fully saturated rings. The Bertz CT molecular complexity index is 429. The lowest BCUT2D eigenvalue weighted by Gasteiger charge is -2.37. The average Bonchev–Trinajstić information content (AvgIpc) is 2.73. The largest absolute Gasteiger partial charge is 0.480 e. The minimum absolute atomic E-state index is 0.0448. The van der Waals surface area contributed by atoms with Crippen molar-refractivity contribution in [1.29, 1.82) is 0 Å². The van der Waals surface area contributed by atoms with Gasteiger partial charge in [-0.3, -0.25) is 14.4 Å². The third-order valence-electron chi connectivity index (χ3n) is 4.45. The van der Waals surface area contributed by atoms with E-state index in [1.807, 2.05) is 0 Å². The summed E-state index contributed by atoms with van der Waals surface area (Å²) >= 11 is 0. The van der Waals surface area contributed by atoms with Crippen LogP contribution in [0.4, 0.5) is 0 Å². The van der Waals surface area contributed by atoms with Gasteiger partial charge in [-0.2, -0.15) is 0 Å². The molecule has 1 aliphatic carbocycles. The monoisotopic (exact) mass is 298 g/mol. The summed E-state index contributed by atoms with van der Waals surface area (Å²) in [6.07, 6.45) is 3.26. The second kappa shape index (κ2) is 6.43. The molecule has 0 spiro atoms. The molecule has 1 saturated heterocycles. The fourth-order valence-electron chi connectivity index (χ4n) is 3.16. The van der Waals surface area contributed by atoms with E-state index >= 15 is 0 Å². The van der Waals surface area contributed by atoms with Gasteiger partial charge in [0.25, 0.3) is 0 Å². The van der Waals surface area contributed by atoms with Gasteiger partial charge < -0.3 is 20.5 Å². The summed E-state index contributed by atoms with van der Waals surface area (Å²) in [7, 11) is 0. The molecule has 0 aromatic heterocycles. The predicted molar refractivity (Wildman–Crippen MR) is 73.3 cm³/mol. The number of carboxylic acid groups (broad SMARTS) is 1. The van der Waals surface area contributed by atoms with Crippen LogP contribution < -0.4 is 5.73 Å². The number of nitrogens with zero attached hydrogens (tertiary/aromatic N) is 1. The molecule has 3 N–H and O–H groups in total. The van der Waals surface area contributed by atoms with E-state index in [2.05, 4.69) is 0 Å². The Kier molecular flexibility index (Phi) is 4.82. The predicted octanol–water partition coefficient (Wildman–Crippen LogP) is 0.124. The van der Waals surface area contributed by atoms with E-state index in [4.69, 9.17) is 10.5 Å². The van der Waals surface area contributed by atoms with E-state index in [0.717, 1.165) is 25.7 Å². The van der Waals surface area contributed by atoms with E-state index in [0.29, 0.717) is 19.4 Å². The molecule has 0 aromatic carbocycles. The van der Waals surface area contributed by atoms with Crippen LogP contribution in [0, 0.1) is 5.41 Å². The van der Waals surface area contributed by atoms with Crippen LogP contribution in [0.25, 0.3) is 0 Å². The molecular weight excluding hydrogens is 276 g/mol. The Balaban J connectivity index is 2.18. The summed E-state index contributed by atoms with van der Waals surface area (Å²) < 4.78 is 5.21. The summed E-state index contributed by atoms with van der Waals surface area (Å²) in [5.41, 5.74) is 3.86. The van der Waals surface area contributed by atoms with E-state index < -0.39 is 29.3 Å². The second-order valence-electron chi connectivity index (χ2n) is 5.81. The van der Waals surface area contributed by atoms with Crippen molar-refractivity contribution in [2.24, 2.45) is 11.1 Å². The van der Waals surface area contributed by atoms with Crippen LogP contribution in [0.3, 0.4) is 0 Å². The molecule has 7 heteroatoms. The average molecular weight is 298 g/mol. The van der Waals surface area contributed by atoms with Gasteiger partial charge in [-0.15, -0.1) is 0 Å². The molecule has 0 radical (unpaired) electrons. The summed E-state index contributed by atoms with van der Waals surface area (Å²) in [5, 5.41) is 9.62. The number of hydrogen-bond acceptors (Lipinski definition) is 4. The van der Waals surface area contributed by atoms with Crippen molar-refractivity contribution < 1.29 is 24.2 Å². The first-order valence-corrected chi connectivity index (χ1v) is 7.41. The van der Waals surface area contributed by atoms with Crippen molar-refractivity contribution in [3.05, 3.63) is 0 Å². The van der Waals surface area contributed by atoms with Crippen LogP contribution >= 0.6 is 0 Å². The molecular formula is C14H22N2O5. The number of morpholine rings is 1. The van der Waals surface area contributed by atoms with Gasteiger partial charge in [0, 0.05) is 6.54 Å². The SMILES string of the molecule is NC(=O)C1CN(C(=O)C2(C(=O)O)CCCCCC2)CCO1. The van der Waals surface area contributed by atoms with E-state index in [1.54, 1.807) is 0 Å². The fraction of sp³-hybridized carbons (Fsp3) is 0.786. The summed E-state index contributed by atoms with van der Waals surface area (Å²) in [5.74, 6) is -2.08. The molecule has 21 heavy (non-hydrogen) atoms. The van der Waals surface area contributed by atoms with Crippen molar-refractivity contribution in [2.45, 2.75) is 44.6 Å². The number of aliphatic carboxylic acids is 1. The van der Waals surface area contributed by atoms with Gasteiger partial charge in [-0.05, 0) is 12.8 Å². The Hall–Kier alpha value is -1.63. The van der Waals surface area contributed by atoms with Crippen LogP contribution in [-0.2, 0) is 19.1 Å². The lowest BCUT2D eigenvalue weighted by molar-refractivity contribution is -0.166. The minimum atomic E-state index is -1.35. The van der Waals surface area contributed by atoms with Gasteiger partial charge in [-0.1, -0.05) is 25.7 Å². The molecule has 1 heterocycles. The van der Waals surface area contributed by atoms with Gasteiger partial charge in [0.15, 0.2) is 6.10 Å². The Morgan fingerprint density at radius 2 is 1.76 bits per heavy atom. The van der Waals surface area contributed by atoms with Crippen molar-refractivity contribution in [2.75, 3.05) is 19.7 Å². The highest BCUT2D eigenvalue weighted by molar-refractivity contribution is 6.02. The maximum Gasteiger partial charge on any atom is 0.319 e. The number of rotatable bonds is 3. The molecule has 2 aliphatic rings. The zero-order chi connectivity index (χ0) is 15.5. The number of nitrogens with two attached hydrogens (primary N) is 1. The summed E-state index contributed by atoms with van der Waals surface area (Å²) in [6, 6.07) is 0. The molecule has 0 bridgehead atoms. The molecule has 0 aromatic rings. The van der Waals surface area contributed by atoms with E-state index in [1.165, 1.54) is 4.90 Å². The standard InChI is InChI=1S/C14H22N2O5/c15-11(17)10-9-16(7-8-21-10)12(18)14(13(19)20)5-3-1-2-4-6-14/h10H,1-9H2,(H2,15,17)(H,19,20). The van der Waals surface area contributed by atoms with E-state index in [9.17, 15) is 19.5 Å². The zero-order valence-electron chi connectivity index (χ0n) is 12.0. The number of carboxylic acids is 1. The zero-order valence-corrected chi connectivity index (χ0v) is 12.0. The van der Waals surface area contributed by atoms with Crippen molar-refractivity contribution >= 4 is 17.8 Å². The van der Waals surface area contributed by atoms with E-state index in [-0.39, 0.29) is 13.2 Å². The first-order valence-electron chi connectivity index (χ1n) is 7.41. The second-order valence-corrected chi connectivity index (χ2v) is 5.81. The topological polar surface area (TPSA) is 110 Å². The molecule has 1 saturated carbocycles. The molecule has 2 amide bonds. The normalized spacial score (nSPS) is 25.9. The van der Waals surface area contributed by atoms with Gasteiger partial charge in [0.1, 0.15) is 5.41 Å². The van der Waals surface area contributed by atoms with Crippen LogP contribution in [0.2, 0.25) is 0 Å². The van der Waals surface area contributed by atoms with Crippen molar-refractivity contribution in [3.8, 4) is 0 Å². The van der Waals surface area contributed by atoms with Crippen LogP contribution in [0.5, 0.6) is 0 Å². The quantitative estimate of drug-likeness (QED) is 0.568. The van der Waals surface area contributed by atoms with Crippen molar-refractivity contribution in [1.82, 2.24) is 4.90 Å².